The third-order valence-electron chi connectivity index (χ3n) is 5.52. The van der Waals surface area contributed by atoms with Crippen molar-refractivity contribution in [2.24, 2.45) is 0 Å². The number of amides is 1. The zero-order valence-electron chi connectivity index (χ0n) is 16.3. The molecule has 0 unspecified atom stereocenters. The zero-order chi connectivity index (χ0) is 19.2. The van der Waals surface area contributed by atoms with Crippen LogP contribution >= 0.6 is 0 Å². The van der Waals surface area contributed by atoms with Crippen LogP contribution in [-0.2, 0) is 17.8 Å². The lowest BCUT2D eigenvalue weighted by Gasteiger charge is -2.34. The summed E-state index contributed by atoms with van der Waals surface area (Å²) >= 11 is 0. The Morgan fingerprint density at radius 2 is 1.64 bits per heavy atom. The first-order valence-corrected chi connectivity index (χ1v) is 10.2. The lowest BCUT2D eigenvalue weighted by molar-refractivity contribution is -0.133. The fraction of sp³-hybridized carbons (Fsp3) is 0.435. The Balaban J connectivity index is 1.16. The standard InChI is InChI=1S/C23H28N2O3/c26-23(9-5-4-8-19-6-2-1-3-7-19)25-14-12-24(13-15-25)17-20-10-11-21-22(16-20)28-18-27-21/h1-3,6-7,10-11,16H,4-5,8-9,12-15,17-18H2. The van der Waals surface area contributed by atoms with Gasteiger partial charge in [-0.25, -0.2) is 0 Å². The molecule has 1 amide bonds. The number of benzene rings is 2. The van der Waals surface area contributed by atoms with Crippen LogP contribution in [0.15, 0.2) is 48.5 Å². The van der Waals surface area contributed by atoms with Gasteiger partial charge < -0.3 is 14.4 Å². The maximum absolute atomic E-state index is 12.5. The highest BCUT2D eigenvalue weighted by atomic mass is 16.7. The molecular formula is C23H28N2O3. The van der Waals surface area contributed by atoms with Gasteiger partial charge in [0.15, 0.2) is 11.5 Å². The summed E-state index contributed by atoms with van der Waals surface area (Å²) in [6.45, 7) is 4.68. The first-order chi connectivity index (χ1) is 13.8. The molecule has 2 aromatic rings. The summed E-state index contributed by atoms with van der Waals surface area (Å²) in [4.78, 5) is 16.9. The van der Waals surface area contributed by atoms with Crippen molar-refractivity contribution in [3.63, 3.8) is 0 Å². The summed E-state index contributed by atoms with van der Waals surface area (Å²) in [5.41, 5.74) is 2.58. The molecule has 4 rings (SSSR count). The summed E-state index contributed by atoms with van der Waals surface area (Å²) in [7, 11) is 0. The summed E-state index contributed by atoms with van der Waals surface area (Å²) < 4.78 is 10.8. The first kappa shape index (κ1) is 18.8. The van der Waals surface area contributed by atoms with Gasteiger partial charge >= 0.3 is 0 Å². The Bertz CT molecular complexity index is 786. The smallest absolute Gasteiger partial charge is 0.231 e. The number of hydrogen-bond acceptors (Lipinski definition) is 4. The van der Waals surface area contributed by atoms with E-state index in [4.69, 9.17) is 9.47 Å². The largest absolute Gasteiger partial charge is 0.454 e. The Hall–Kier alpha value is -2.53. The maximum Gasteiger partial charge on any atom is 0.231 e. The summed E-state index contributed by atoms with van der Waals surface area (Å²) in [6, 6.07) is 16.6. The van der Waals surface area contributed by atoms with Crippen LogP contribution in [0.5, 0.6) is 11.5 Å². The van der Waals surface area contributed by atoms with Crippen molar-refractivity contribution in [2.75, 3.05) is 33.0 Å². The molecule has 2 aliphatic rings. The number of ether oxygens (including phenoxy) is 2. The predicted molar refractivity (Wildman–Crippen MR) is 108 cm³/mol. The first-order valence-electron chi connectivity index (χ1n) is 10.2. The molecule has 148 valence electrons. The Morgan fingerprint density at radius 1 is 0.857 bits per heavy atom. The van der Waals surface area contributed by atoms with Crippen molar-refractivity contribution in [3.8, 4) is 11.5 Å². The predicted octanol–water partition coefficient (Wildman–Crippen LogP) is 3.47. The number of rotatable bonds is 7. The molecule has 5 nitrogen and oxygen atoms in total. The molecule has 0 N–H and O–H groups in total. The molecule has 2 aliphatic heterocycles. The van der Waals surface area contributed by atoms with Gasteiger partial charge in [0.1, 0.15) is 0 Å². The molecule has 2 heterocycles. The normalized spacial score (nSPS) is 16.4. The molecule has 0 spiro atoms. The van der Waals surface area contributed by atoms with Crippen LogP contribution in [0.25, 0.3) is 0 Å². The molecule has 0 aliphatic carbocycles. The minimum atomic E-state index is 0.302. The van der Waals surface area contributed by atoms with Crippen LogP contribution in [0.3, 0.4) is 0 Å². The van der Waals surface area contributed by atoms with E-state index in [9.17, 15) is 4.79 Å². The van der Waals surface area contributed by atoms with Crippen molar-refractivity contribution in [1.29, 1.82) is 0 Å². The van der Waals surface area contributed by atoms with E-state index in [2.05, 4.69) is 41.3 Å². The van der Waals surface area contributed by atoms with Crippen molar-refractivity contribution in [2.45, 2.75) is 32.2 Å². The van der Waals surface area contributed by atoms with Gasteiger partial charge in [-0.3, -0.25) is 9.69 Å². The quantitative estimate of drug-likeness (QED) is 0.690. The fourth-order valence-electron chi connectivity index (χ4n) is 3.86. The second-order valence-corrected chi connectivity index (χ2v) is 7.54. The summed E-state index contributed by atoms with van der Waals surface area (Å²) in [5, 5.41) is 0. The maximum atomic E-state index is 12.5. The molecule has 2 aromatic carbocycles. The zero-order valence-corrected chi connectivity index (χ0v) is 16.3. The van der Waals surface area contributed by atoms with Gasteiger partial charge in [-0.15, -0.1) is 0 Å². The molecule has 5 heteroatoms. The van der Waals surface area contributed by atoms with E-state index in [0.717, 1.165) is 63.5 Å². The second-order valence-electron chi connectivity index (χ2n) is 7.54. The monoisotopic (exact) mass is 380 g/mol. The number of carbonyl (C=O) groups excluding carboxylic acids is 1. The lowest BCUT2D eigenvalue weighted by atomic mass is 10.1. The van der Waals surface area contributed by atoms with Crippen molar-refractivity contribution in [1.82, 2.24) is 9.80 Å². The van der Waals surface area contributed by atoms with E-state index < -0.39 is 0 Å². The Kier molecular flexibility index (Phi) is 6.12. The SMILES string of the molecule is O=C(CCCCc1ccccc1)N1CCN(Cc2ccc3c(c2)OCO3)CC1. The lowest BCUT2D eigenvalue weighted by Crippen LogP contribution is -2.48. The number of nitrogens with zero attached hydrogens (tertiary/aromatic N) is 2. The minimum absolute atomic E-state index is 0.302. The highest BCUT2D eigenvalue weighted by Crippen LogP contribution is 2.32. The van der Waals surface area contributed by atoms with E-state index in [0.29, 0.717) is 19.1 Å². The molecule has 0 saturated carbocycles. The van der Waals surface area contributed by atoms with Gasteiger partial charge in [0.05, 0.1) is 0 Å². The third kappa shape index (κ3) is 4.84. The van der Waals surface area contributed by atoms with Crippen LogP contribution in [0.2, 0.25) is 0 Å². The van der Waals surface area contributed by atoms with Crippen LogP contribution in [-0.4, -0.2) is 48.7 Å². The van der Waals surface area contributed by atoms with E-state index in [1.54, 1.807) is 0 Å². The van der Waals surface area contributed by atoms with Crippen LogP contribution < -0.4 is 9.47 Å². The molecule has 0 aromatic heterocycles. The number of piperazine rings is 1. The molecule has 0 atom stereocenters. The Morgan fingerprint density at radius 3 is 2.46 bits per heavy atom. The number of unbranched alkanes of at least 4 members (excludes halogenated alkanes) is 1. The van der Waals surface area contributed by atoms with E-state index in [1.165, 1.54) is 11.1 Å². The number of aryl methyl sites for hydroxylation is 1. The average Bonchev–Trinajstić information content (AvgIpc) is 3.20. The summed E-state index contributed by atoms with van der Waals surface area (Å²) in [5.74, 6) is 1.96. The molecule has 1 fully saturated rings. The number of fused-ring (bicyclic) bond motifs is 1. The number of carbonyl (C=O) groups is 1. The van der Waals surface area contributed by atoms with Gasteiger partial charge in [-0.2, -0.15) is 0 Å². The Labute approximate surface area is 166 Å². The topological polar surface area (TPSA) is 42.0 Å². The van der Waals surface area contributed by atoms with Crippen LogP contribution in [0.1, 0.15) is 30.4 Å². The molecule has 28 heavy (non-hydrogen) atoms. The average molecular weight is 380 g/mol. The van der Waals surface area contributed by atoms with Crippen molar-refractivity contribution < 1.29 is 14.3 Å². The minimum Gasteiger partial charge on any atom is -0.454 e. The van der Waals surface area contributed by atoms with E-state index in [1.807, 2.05) is 17.0 Å². The third-order valence-corrected chi connectivity index (χ3v) is 5.52. The van der Waals surface area contributed by atoms with E-state index in [-0.39, 0.29) is 0 Å². The van der Waals surface area contributed by atoms with E-state index >= 15 is 0 Å². The molecule has 0 bridgehead atoms. The van der Waals surface area contributed by atoms with Gasteiger partial charge in [-0.1, -0.05) is 36.4 Å². The van der Waals surface area contributed by atoms with Gasteiger partial charge in [0, 0.05) is 39.1 Å². The van der Waals surface area contributed by atoms with Gasteiger partial charge in [0.25, 0.3) is 0 Å². The van der Waals surface area contributed by atoms with Gasteiger partial charge in [-0.05, 0) is 42.5 Å². The fourth-order valence-corrected chi connectivity index (χ4v) is 3.86. The highest BCUT2D eigenvalue weighted by Gasteiger charge is 2.21. The highest BCUT2D eigenvalue weighted by molar-refractivity contribution is 5.76. The number of hydrogen-bond donors (Lipinski definition) is 0. The van der Waals surface area contributed by atoms with Crippen molar-refractivity contribution in [3.05, 3.63) is 59.7 Å². The molecule has 1 saturated heterocycles. The summed E-state index contributed by atoms with van der Waals surface area (Å²) in [6.07, 6.45) is 3.75. The van der Waals surface area contributed by atoms with Crippen LogP contribution in [0, 0.1) is 0 Å². The van der Waals surface area contributed by atoms with Gasteiger partial charge in [0.2, 0.25) is 12.7 Å². The second kappa shape index (κ2) is 9.11. The van der Waals surface area contributed by atoms with Crippen molar-refractivity contribution >= 4 is 5.91 Å². The molecule has 0 radical (unpaired) electrons. The molecular weight excluding hydrogens is 352 g/mol. The van der Waals surface area contributed by atoms with Crippen LogP contribution in [0.4, 0.5) is 0 Å².